The zero-order chi connectivity index (χ0) is 16.6. The molecule has 0 spiro atoms. The molecule has 0 saturated heterocycles. The third-order valence-corrected chi connectivity index (χ3v) is 4.61. The van der Waals surface area contributed by atoms with E-state index in [4.69, 9.17) is 0 Å². The van der Waals surface area contributed by atoms with E-state index in [0.717, 1.165) is 6.07 Å². The van der Waals surface area contributed by atoms with E-state index in [2.05, 4.69) is 0 Å². The molecule has 0 radical (unpaired) electrons. The maximum absolute atomic E-state index is 11.9. The molecule has 0 amide bonds. The Morgan fingerprint density at radius 3 is 2.17 bits per heavy atom. The van der Waals surface area contributed by atoms with Gasteiger partial charge in [0.25, 0.3) is 10.1 Å². The van der Waals surface area contributed by atoms with E-state index in [0.29, 0.717) is 21.9 Å². The molecular formula is C17H13NaO5S. The Bertz CT molecular complexity index is 999. The number of hydrogen-bond donors (Lipinski definition) is 2. The van der Waals surface area contributed by atoms with Crippen LogP contribution in [0, 0.1) is 0 Å². The Labute approximate surface area is 161 Å². The predicted molar refractivity (Wildman–Crippen MR) is 84.1 cm³/mol. The van der Waals surface area contributed by atoms with Gasteiger partial charge < -0.3 is 10.2 Å². The second-order valence-electron chi connectivity index (χ2n) is 5.18. The van der Waals surface area contributed by atoms with Crippen LogP contribution in [0.2, 0.25) is 0 Å². The third-order valence-electron chi connectivity index (χ3n) is 3.71. The van der Waals surface area contributed by atoms with Crippen LogP contribution in [0.1, 0.15) is 11.1 Å². The van der Waals surface area contributed by atoms with Gasteiger partial charge in [0, 0.05) is 23.4 Å². The Hall–Kier alpha value is -1.57. The van der Waals surface area contributed by atoms with Crippen LogP contribution in [0.5, 0.6) is 11.5 Å². The van der Waals surface area contributed by atoms with Crippen molar-refractivity contribution < 1.29 is 52.7 Å². The summed E-state index contributed by atoms with van der Waals surface area (Å²) in [6.45, 7) is 0. The molecule has 118 valence electrons. The zero-order valence-corrected chi connectivity index (χ0v) is 15.7. The van der Waals surface area contributed by atoms with Crippen molar-refractivity contribution in [3.05, 3.63) is 65.7 Å². The molecule has 0 aliphatic heterocycles. The van der Waals surface area contributed by atoms with Crippen LogP contribution < -0.4 is 34.7 Å². The molecule has 24 heavy (non-hydrogen) atoms. The zero-order valence-electron chi connectivity index (χ0n) is 12.9. The van der Waals surface area contributed by atoms with Crippen molar-refractivity contribution in [3.8, 4) is 11.5 Å². The predicted octanol–water partition coefficient (Wildman–Crippen LogP) is -0.539. The topological polar surface area (TPSA) is 97.7 Å². The first kappa shape index (κ1) is 18.8. The number of phenolic OH excluding ortho intramolecular Hbond substituents is 1. The number of rotatable bonds is 3. The molecule has 0 aliphatic rings. The van der Waals surface area contributed by atoms with Gasteiger partial charge in [-0.05, 0) is 5.39 Å². The fourth-order valence-corrected chi connectivity index (χ4v) is 3.34. The van der Waals surface area contributed by atoms with E-state index in [1.54, 1.807) is 42.5 Å². The Balaban J connectivity index is 0.00000208. The Morgan fingerprint density at radius 2 is 1.54 bits per heavy atom. The van der Waals surface area contributed by atoms with Crippen LogP contribution >= 0.6 is 0 Å². The average molecular weight is 352 g/mol. The molecule has 0 fully saturated rings. The molecule has 2 N–H and O–H groups in total. The van der Waals surface area contributed by atoms with E-state index in [9.17, 15) is 23.2 Å². The molecule has 3 aromatic rings. The van der Waals surface area contributed by atoms with Gasteiger partial charge in [-0.1, -0.05) is 54.1 Å². The maximum Gasteiger partial charge on any atom is 1.00 e. The number of fused-ring (bicyclic) bond motifs is 1. The first-order valence-corrected chi connectivity index (χ1v) is 8.28. The Kier molecular flexibility index (Phi) is 5.57. The molecule has 3 rings (SSSR count). The smallest absolute Gasteiger partial charge is 0.872 e. The molecular weight excluding hydrogens is 339 g/mol. The van der Waals surface area contributed by atoms with Gasteiger partial charge in [0.05, 0.1) is 0 Å². The summed E-state index contributed by atoms with van der Waals surface area (Å²) >= 11 is 0. The van der Waals surface area contributed by atoms with Crippen molar-refractivity contribution in [2.24, 2.45) is 0 Å². The van der Waals surface area contributed by atoms with Gasteiger partial charge in [-0.2, -0.15) is 8.42 Å². The number of benzene rings is 3. The molecule has 5 nitrogen and oxygen atoms in total. The Morgan fingerprint density at radius 1 is 0.958 bits per heavy atom. The van der Waals surface area contributed by atoms with E-state index in [1.165, 1.54) is 6.07 Å². The maximum atomic E-state index is 11.9. The third kappa shape index (κ3) is 3.58. The SMILES string of the molecule is O=S(=O)(O)c1cc(O)c(Cc2ccccc2[O-])c2ccccc12.[Na+]. The van der Waals surface area contributed by atoms with Crippen LogP contribution in [0.3, 0.4) is 0 Å². The van der Waals surface area contributed by atoms with Crippen molar-refractivity contribution in [1.82, 2.24) is 0 Å². The first-order valence-electron chi connectivity index (χ1n) is 6.84. The number of phenols is 1. The van der Waals surface area contributed by atoms with E-state index in [1.807, 2.05) is 0 Å². The van der Waals surface area contributed by atoms with Crippen LogP contribution in [0.15, 0.2) is 59.5 Å². The summed E-state index contributed by atoms with van der Waals surface area (Å²) in [5, 5.41) is 22.9. The standard InChI is InChI=1S/C17H14O5S.Na/c18-15-8-4-1-5-11(15)9-14-12-6-2-3-7-13(12)17(10-16(14)19)23(20,21)22;/h1-8,10,18-19H,9H2,(H,20,21,22);/q;+1/p-1. The number of aromatic hydroxyl groups is 1. The van der Waals surface area contributed by atoms with Gasteiger partial charge in [0.2, 0.25) is 0 Å². The molecule has 0 heterocycles. The molecule has 7 heteroatoms. The monoisotopic (exact) mass is 352 g/mol. The van der Waals surface area contributed by atoms with E-state index < -0.39 is 10.1 Å². The fraction of sp³-hybridized carbons (Fsp3) is 0.0588. The van der Waals surface area contributed by atoms with Crippen LogP contribution in [-0.2, 0) is 16.5 Å². The fourth-order valence-electron chi connectivity index (χ4n) is 2.63. The second kappa shape index (κ2) is 7.13. The normalized spacial score (nSPS) is 11.2. The molecule has 0 bridgehead atoms. The van der Waals surface area contributed by atoms with Gasteiger partial charge in [0.1, 0.15) is 10.6 Å². The number of hydrogen-bond acceptors (Lipinski definition) is 4. The molecule has 0 unspecified atom stereocenters. The van der Waals surface area contributed by atoms with Gasteiger partial charge >= 0.3 is 29.6 Å². The second-order valence-corrected chi connectivity index (χ2v) is 6.57. The first-order chi connectivity index (χ1) is 10.9. The van der Waals surface area contributed by atoms with Gasteiger partial charge in [-0.3, -0.25) is 4.55 Å². The summed E-state index contributed by atoms with van der Waals surface area (Å²) in [7, 11) is -4.47. The van der Waals surface area contributed by atoms with E-state index in [-0.39, 0.29) is 52.4 Å². The summed E-state index contributed by atoms with van der Waals surface area (Å²) in [5.41, 5.74) is 0.934. The summed E-state index contributed by atoms with van der Waals surface area (Å²) in [6.07, 6.45) is 0.164. The minimum atomic E-state index is -4.47. The van der Waals surface area contributed by atoms with Crippen molar-refractivity contribution in [2.75, 3.05) is 0 Å². The summed E-state index contributed by atoms with van der Waals surface area (Å²) in [6, 6.07) is 14.0. The number of para-hydroxylation sites is 1. The van der Waals surface area contributed by atoms with Crippen molar-refractivity contribution in [2.45, 2.75) is 11.3 Å². The van der Waals surface area contributed by atoms with Crippen molar-refractivity contribution in [1.29, 1.82) is 0 Å². The molecule has 0 atom stereocenters. The van der Waals surface area contributed by atoms with Crippen LogP contribution in [0.25, 0.3) is 10.8 Å². The molecule has 3 aromatic carbocycles. The quantitative estimate of drug-likeness (QED) is 0.487. The largest absolute Gasteiger partial charge is 1.00 e. The summed E-state index contributed by atoms with van der Waals surface area (Å²) in [4.78, 5) is -0.357. The summed E-state index contributed by atoms with van der Waals surface area (Å²) < 4.78 is 32.4. The minimum absolute atomic E-state index is 0. The minimum Gasteiger partial charge on any atom is -0.872 e. The van der Waals surface area contributed by atoms with E-state index >= 15 is 0 Å². The molecule has 0 aromatic heterocycles. The van der Waals surface area contributed by atoms with Gasteiger partial charge in [-0.25, -0.2) is 0 Å². The summed E-state index contributed by atoms with van der Waals surface area (Å²) in [5.74, 6) is -0.436. The van der Waals surface area contributed by atoms with Crippen LogP contribution in [-0.4, -0.2) is 18.1 Å². The average Bonchev–Trinajstić information content (AvgIpc) is 2.50. The van der Waals surface area contributed by atoms with Crippen LogP contribution in [0.4, 0.5) is 0 Å². The van der Waals surface area contributed by atoms with Gasteiger partial charge in [-0.15, -0.1) is 5.75 Å². The van der Waals surface area contributed by atoms with Crippen molar-refractivity contribution >= 4 is 20.9 Å². The molecule has 0 saturated carbocycles. The van der Waals surface area contributed by atoms with Crippen molar-refractivity contribution in [3.63, 3.8) is 0 Å². The molecule has 0 aliphatic carbocycles. The van der Waals surface area contributed by atoms with Gasteiger partial charge in [0.15, 0.2) is 0 Å².